The summed E-state index contributed by atoms with van der Waals surface area (Å²) >= 11 is 0. The molecule has 0 bridgehead atoms. The molecule has 0 saturated heterocycles. The maximum atomic E-state index is 4.15. The summed E-state index contributed by atoms with van der Waals surface area (Å²) in [6.45, 7) is 6.09. The molecular weight excluding hydrogens is 122 g/mol. The van der Waals surface area contributed by atoms with E-state index in [9.17, 15) is 0 Å². The van der Waals surface area contributed by atoms with Crippen LogP contribution in [0.3, 0.4) is 0 Å². The van der Waals surface area contributed by atoms with Gasteiger partial charge in [0.05, 0.1) is 0 Å². The highest BCUT2D eigenvalue weighted by molar-refractivity contribution is 5.71. The Bertz CT molecular complexity index is 152. The molecule has 1 heteroatoms. The summed E-state index contributed by atoms with van der Waals surface area (Å²) in [5, 5.41) is 0. The Morgan fingerprint density at radius 3 is 2.70 bits per heavy atom. The first-order valence-electron chi connectivity index (χ1n) is 3.63. The Hall–Kier alpha value is -0.850. The van der Waals surface area contributed by atoms with Gasteiger partial charge in [0.25, 0.3) is 0 Å². The second kappa shape index (κ2) is 6.27. The molecule has 0 atom stereocenters. The van der Waals surface area contributed by atoms with Crippen molar-refractivity contribution < 1.29 is 0 Å². The van der Waals surface area contributed by atoms with Crippen molar-refractivity contribution in [1.82, 2.24) is 0 Å². The molecule has 0 aliphatic carbocycles. The van der Waals surface area contributed by atoms with Gasteiger partial charge in [-0.15, -0.1) is 0 Å². The second-order valence-corrected chi connectivity index (χ2v) is 2.06. The molecule has 0 aliphatic rings. The van der Waals surface area contributed by atoms with Crippen LogP contribution in [0.5, 0.6) is 0 Å². The second-order valence-electron chi connectivity index (χ2n) is 2.06. The SMILES string of the molecule is C\C=C/C=N\C(C)=C\CC. The van der Waals surface area contributed by atoms with Gasteiger partial charge in [0.1, 0.15) is 0 Å². The van der Waals surface area contributed by atoms with Gasteiger partial charge in [-0.25, -0.2) is 0 Å². The Kier molecular flexibility index (Phi) is 5.74. The minimum Gasteiger partial charge on any atom is -0.262 e. The van der Waals surface area contributed by atoms with Gasteiger partial charge in [0.2, 0.25) is 0 Å². The zero-order valence-corrected chi connectivity index (χ0v) is 6.96. The van der Waals surface area contributed by atoms with Gasteiger partial charge < -0.3 is 0 Å². The molecule has 0 N–H and O–H groups in total. The molecule has 0 rings (SSSR count). The number of hydrogen-bond acceptors (Lipinski definition) is 1. The summed E-state index contributed by atoms with van der Waals surface area (Å²) in [5.41, 5.74) is 1.08. The van der Waals surface area contributed by atoms with Gasteiger partial charge >= 0.3 is 0 Å². The zero-order valence-electron chi connectivity index (χ0n) is 6.96. The first-order chi connectivity index (χ1) is 4.81. The Morgan fingerprint density at radius 2 is 2.20 bits per heavy atom. The van der Waals surface area contributed by atoms with Crippen molar-refractivity contribution in [2.24, 2.45) is 4.99 Å². The topological polar surface area (TPSA) is 12.4 Å². The largest absolute Gasteiger partial charge is 0.262 e. The van der Waals surface area contributed by atoms with Gasteiger partial charge in [-0.05, 0) is 26.3 Å². The van der Waals surface area contributed by atoms with Crippen LogP contribution in [0.1, 0.15) is 27.2 Å². The molecule has 10 heavy (non-hydrogen) atoms. The molecule has 0 aromatic carbocycles. The monoisotopic (exact) mass is 137 g/mol. The minimum absolute atomic E-state index is 1.05. The lowest BCUT2D eigenvalue weighted by molar-refractivity contribution is 1.16. The van der Waals surface area contributed by atoms with Crippen LogP contribution in [0.2, 0.25) is 0 Å². The molecular formula is C9H15N. The fourth-order valence-corrected chi connectivity index (χ4v) is 0.595. The lowest BCUT2D eigenvalue weighted by atomic mass is 10.4. The van der Waals surface area contributed by atoms with E-state index in [0.717, 1.165) is 12.1 Å². The predicted octanol–water partition coefficient (Wildman–Crippen LogP) is 2.95. The summed E-state index contributed by atoms with van der Waals surface area (Å²) in [4.78, 5) is 4.15. The van der Waals surface area contributed by atoms with Crippen molar-refractivity contribution in [3.63, 3.8) is 0 Å². The molecule has 0 aliphatic heterocycles. The Balaban J connectivity index is 3.76. The van der Waals surface area contributed by atoms with Crippen LogP contribution in [-0.2, 0) is 0 Å². The smallest absolute Gasteiger partial charge is 0.0332 e. The Morgan fingerprint density at radius 1 is 1.50 bits per heavy atom. The summed E-state index contributed by atoms with van der Waals surface area (Å²) < 4.78 is 0. The number of allylic oxidation sites excluding steroid dienone is 4. The van der Waals surface area contributed by atoms with E-state index in [1.54, 1.807) is 0 Å². The maximum absolute atomic E-state index is 4.15. The Labute approximate surface area is 63.2 Å². The summed E-state index contributed by atoms with van der Waals surface area (Å²) in [6, 6.07) is 0. The highest BCUT2D eigenvalue weighted by atomic mass is 14.7. The fourth-order valence-electron chi connectivity index (χ4n) is 0.595. The van der Waals surface area contributed by atoms with Crippen LogP contribution < -0.4 is 0 Å². The number of aliphatic imine (C=N–C) groups is 1. The molecule has 0 spiro atoms. The molecule has 0 saturated carbocycles. The van der Waals surface area contributed by atoms with Crippen molar-refractivity contribution in [3.05, 3.63) is 23.9 Å². The van der Waals surface area contributed by atoms with Crippen LogP contribution in [0.4, 0.5) is 0 Å². The van der Waals surface area contributed by atoms with Crippen molar-refractivity contribution in [3.8, 4) is 0 Å². The van der Waals surface area contributed by atoms with Crippen molar-refractivity contribution in [2.45, 2.75) is 27.2 Å². The molecule has 56 valence electrons. The van der Waals surface area contributed by atoms with E-state index >= 15 is 0 Å². The third-order valence-corrected chi connectivity index (χ3v) is 1.06. The van der Waals surface area contributed by atoms with Crippen LogP contribution in [0.15, 0.2) is 28.9 Å². The lowest BCUT2D eigenvalue weighted by Gasteiger charge is -1.86. The molecule has 0 aromatic rings. The quantitative estimate of drug-likeness (QED) is 0.530. The van der Waals surface area contributed by atoms with Gasteiger partial charge in [0.15, 0.2) is 0 Å². The van der Waals surface area contributed by atoms with E-state index < -0.39 is 0 Å². The standard InChI is InChI=1S/C9H15N/c1-4-6-8-10-9(3)7-5-2/h4,6-8H,5H2,1-3H3/b6-4-,9-7+,10-8-. The molecule has 0 heterocycles. The average Bonchev–Trinajstić information content (AvgIpc) is 1.89. The molecule has 1 nitrogen and oxygen atoms in total. The van der Waals surface area contributed by atoms with Gasteiger partial charge in [0, 0.05) is 11.9 Å². The molecule has 0 radical (unpaired) electrons. The van der Waals surface area contributed by atoms with Crippen molar-refractivity contribution in [2.75, 3.05) is 0 Å². The third-order valence-electron chi connectivity index (χ3n) is 1.06. The molecule has 0 unspecified atom stereocenters. The highest BCUT2D eigenvalue weighted by Gasteiger charge is 1.76. The van der Waals surface area contributed by atoms with Gasteiger partial charge in [-0.3, -0.25) is 4.99 Å². The lowest BCUT2D eigenvalue weighted by Crippen LogP contribution is -1.69. The highest BCUT2D eigenvalue weighted by Crippen LogP contribution is 1.94. The number of nitrogens with zero attached hydrogens (tertiary/aromatic N) is 1. The fraction of sp³-hybridized carbons (Fsp3) is 0.444. The normalized spacial score (nSPS) is 13.7. The molecule has 0 amide bonds. The van der Waals surface area contributed by atoms with E-state index in [0.29, 0.717) is 0 Å². The van der Waals surface area contributed by atoms with E-state index in [-0.39, 0.29) is 0 Å². The first-order valence-corrected chi connectivity index (χ1v) is 3.63. The third kappa shape index (κ3) is 5.29. The van der Waals surface area contributed by atoms with Crippen molar-refractivity contribution >= 4 is 6.21 Å². The van der Waals surface area contributed by atoms with E-state index in [2.05, 4.69) is 18.0 Å². The van der Waals surface area contributed by atoms with E-state index in [1.807, 2.05) is 32.2 Å². The van der Waals surface area contributed by atoms with Crippen molar-refractivity contribution in [1.29, 1.82) is 0 Å². The van der Waals surface area contributed by atoms with Gasteiger partial charge in [-0.1, -0.05) is 19.1 Å². The minimum atomic E-state index is 1.05. The summed E-state index contributed by atoms with van der Waals surface area (Å²) in [6.07, 6.45) is 8.84. The number of hydrogen-bond donors (Lipinski definition) is 0. The van der Waals surface area contributed by atoms with Crippen LogP contribution >= 0.6 is 0 Å². The van der Waals surface area contributed by atoms with Crippen LogP contribution in [-0.4, -0.2) is 6.21 Å². The predicted molar refractivity (Wildman–Crippen MR) is 47.4 cm³/mol. The van der Waals surface area contributed by atoms with E-state index in [4.69, 9.17) is 0 Å². The van der Waals surface area contributed by atoms with Crippen LogP contribution in [0, 0.1) is 0 Å². The first kappa shape index (κ1) is 9.15. The number of rotatable bonds is 3. The molecule has 0 fully saturated rings. The zero-order chi connectivity index (χ0) is 7.82. The maximum Gasteiger partial charge on any atom is 0.0332 e. The molecule has 0 aromatic heterocycles. The summed E-state index contributed by atoms with van der Waals surface area (Å²) in [7, 11) is 0. The van der Waals surface area contributed by atoms with Crippen LogP contribution in [0.25, 0.3) is 0 Å². The van der Waals surface area contributed by atoms with E-state index in [1.165, 1.54) is 0 Å². The van der Waals surface area contributed by atoms with Gasteiger partial charge in [-0.2, -0.15) is 0 Å². The summed E-state index contributed by atoms with van der Waals surface area (Å²) in [5.74, 6) is 0. The average molecular weight is 137 g/mol.